The zero-order valence-corrected chi connectivity index (χ0v) is 11.9. The lowest BCUT2D eigenvalue weighted by atomic mass is 10.1. The molecule has 0 amide bonds. The minimum atomic E-state index is -4.25. The number of hydrogen-bond donors (Lipinski definition) is 1. The number of aryl methyl sites for hydroxylation is 1. The zero-order valence-electron chi connectivity index (χ0n) is 11.9. The standard InChI is InChI=1S/C15H17F3N2O/c1-3-6-20(9-15(16,17)18)11-4-5-13-12(8-11)10(2)7-14(21)19-13/h4-5,7-8H,3,6,9H2,1-2H3,(H,19,21). The van der Waals surface area contributed by atoms with Crippen molar-refractivity contribution in [3.05, 3.63) is 40.2 Å². The van der Waals surface area contributed by atoms with Gasteiger partial charge in [-0.05, 0) is 37.1 Å². The second kappa shape index (κ2) is 5.79. The van der Waals surface area contributed by atoms with Crippen molar-refractivity contribution in [2.45, 2.75) is 26.4 Å². The molecule has 0 unspecified atom stereocenters. The van der Waals surface area contributed by atoms with Gasteiger partial charge in [0.25, 0.3) is 0 Å². The Bertz CT molecular complexity index is 691. The summed E-state index contributed by atoms with van der Waals surface area (Å²) in [5, 5.41) is 0.760. The minimum absolute atomic E-state index is 0.214. The van der Waals surface area contributed by atoms with Crippen LogP contribution < -0.4 is 10.5 Å². The molecular weight excluding hydrogens is 281 g/mol. The van der Waals surface area contributed by atoms with E-state index >= 15 is 0 Å². The van der Waals surface area contributed by atoms with Crippen LogP contribution in [-0.4, -0.2) is 24.2 Å². The largest absolute Gasteiger partial charge is 0.405 e. The molecule has 1 N–H and O–H groups in total. The number of aromatic nitrogens is 1. The van der Waals surface area contributed by atoms with Crippen LogP contribution in [0.1, 0.15) is 18.9 Å². The van der Waals surface area contributed by atoms with Crippen molar-refractivity contribution in [3.63, 3.8) is 0 Å². The van der Waals surface area contributed by atoms with E-state index in [0.717, 1.165) is 10.9 Å². The Morgan fingerprint density at radius 2 is 1.95 bits per heavy atom. The Labute approximate surface area is 120 Å². The molecule has 6 heteroatoms. The summed E-state index contributed by atoms with van der Waals surface area (Å²) < 4.78 is 38.0. The molecule has 2 aromatic rings. The van der Waals surface area contributed by atoms with E-state index in [1.807, 2.05) is 6.92 Å². The monoisotopic (exact) mass is 298 g/mol. The zero-order chi connectivity index (χ0) is 15.6. The number of fused-ring (bicyclic) bond motifs is 1. The predicted molar refractivity (Wildman–Crippen MR) is 77.9 cm³/mol. The van der Waals surface area contributed by atoms with Crippen LogP contribution in [0.2, 0.25) is 0 Å². The fraction of sp³-hybridized carbons (Fsp3) is 0.400. The van der Waals surface area contributed by atoms with E-state index < -0.39 is 12.7 Å². The summed E-state index contributed by atoms with van der Waals surface area (Å²) in [6.07, 6.45) is -3.62. The normalized spacial score (nSPS) is 11.9. The summed E-state index contributed by atoms with van der Waals surface area (Å²) in [5.41, 5.74) is 1.68. The third-order valence-electron chi connectivity index (χ3n) is 3.26. The lowest BCUT2D eigenvalue weighted by Crippen LogP contribution is -2.34. The van der Waals surface area contributed by atoms with Crippen LogP contribution in [0.4, 0.5) is 18.9 Å². The molecule has 2 rings (SSSR count). The smallest absolute Gasteiger partial charge is 0.363 e. The Kier molecular flexibility index (Phi) is 4.25. The van der Waals surface area contributed by atoms with Gasteiger partial charge in [0.05, 0.1) is 0 Å². The second-order valence-electron chi connectivity index (χ2n) is 5.08. The molecular formula is C15H17F3N2O. The van der Waals surface area contributed by atoms with Gasteiger partial charge in [-0.25, -0.2) is 0 Å². The predicted octanol–water partition coefficient (Wildman–Crippen LogP) is 3.62. The van der Waals surface area contributed by atoms with Crippen LogP contribution in [0.5, 0.6) is 0 Å². The highest BCUT2D eigenvalue weighted by atomic mass is 19.4. The van der Waals surface area contributed by atoms with E-state index in [9.17, 15) is 18.0 Å². The molecule has 1 heterocycles. The number of aromatic amines is 1. The first-order valence-corrected chi connectivity index (χ1v) is 6.75. The van der Waals surface area contributed by atoms with Crippen molar-refractivity contribution in [2.24, 2.45) is 0 Å². The van der Waals surface area contributed by atoms with E-state index in [-0.39, 0.29) is 5.56 Å². The molecule has 0 radical (unpaired) electrons. The number of nitrogens with one attached hydrogen (secondary N) is 1. The quantitative estimate of drug-likeness (QED) is 0.936. The Hall–Kier alpha value is -1.98. The molecule has 0 saturated carbocycles. The average Bonchev–Trinajstić information content (AvgIpc) is 2.36. The topological polar surface area (TPSA) is 36.1 Å². The van der Waals surface area contributed by atoms with Crippen molar-refractivity contribution in [1.82, 2.24) is 4.98 Å². The number of benzene rings is 1. The van der Waals surface area contributed by atoms with E-state index in [1.165, 1.54) is 11.0 Å². The van der Waals surface area contributed by atoms with Gasteiger partial charge in [-0.15, -0.1) is 0 Å². The molecule has 114 valence electrons. The summed E-state index contributed by atoms with van der Waals surface area (Å²) in [4.78, 5) is 15.4. The van der Waals surface area contributed by atoms with E-state index in [1.54, 1.807) is 25.1 Å². The number of rotatable bonds is 4. The number of hydrogen-bond acceptors (Lipinski definition) is 2. The summed E-state index contributed by atoms with van der Waals surface area (Å²) >= 11 is 0. The van der Waals surface area contributed by atoms with E-state index in [2.05, 4.69) is 4.98 Å². The maximum Gasteiger partial charge on any atom is 0.405 e. The highest BCUT2D eigenvalue weighted by Crippen LogP contribution is 2.26. The SMILES string of the molecule is CCCN(CC(F)(F)F)c1ccc2[nH]c(=O)cc(C)c2c1. The first-order valence-electron chi connectivity index (χ1n) is 6.75. The first kappa shape index (κ1) is 15.4. The number of alkyl halides is 3. The molecule has 3 nitrogen and oxygen atoms in total. The number of nitrogens with zero attached hydrogens (tertiary/aromatic N) is 1. The highest BCUT2D eigenvalue weighted by molar-refractivity contribution is 5.85. The van der Waals surface area contributed by atoms with Gasteiger partial charge < -0.3 is 9.88 Å². The number of anilines is 1. The third-order valence-corrected chi connectivity index (χ3v) is 3.26. The van der Waals surface area contributed by atoms with Crippen molar-refractivity contribution >= 4 is 16.6 Å². The molecule has 0 saturated heterocycles. The summed E-state index contributed by atoms with van der Waals surface area (Å²) in [5.74, 6) is 0. The van der Waals surface area contributed by atoms with Crippen LogP contribution in [0.3, 0.4) is 0 Å². The first-order chi connectivity index (χ1) is 9.80. The maximum absolute atomic E-state index is 12.7. The molecule has 0 bridgehead atoms. The van der Waals surface area contributed by atoms with Crippen molar-refractivity contribution in [1.29, 1.82) is 0 Å². The molecule has 0 fully saturated rings. The van der Waals surface area contributed by atoms with Crippen LogP contribution in [-0.2, 0) is 0 Å². The molecule has 0 aliphatic rings. The number of pyridine rings is 1. The highest BCUT2D eigenvalue weighted by Gasteiger charge is 2.30. The molecule has 21 heavy (non-hydrogen) atoms. The Morgan fingerprint density at radius 3 is 2.57 bits per heavy atom. The van der Waals surface area contributed by atoms with Gasteiger partial charge in [0.1, 0.15) is 6.54 Å². The lowest BCUT2D eigenvalue weighted by Gasteiger charge is -2.26. The van der Waals surface area contributed by atoms with Crippen molar-refractivity contribution in [3.8, 4) is 0 Å². The van der Waals surface area contributed by atoms with E-state index in [0.29, 0.717) is 24.2 Å². The summed E-state index contributed by atoms with van der Waals surface area (Å²) in [6, 6.07) is 6.40. The van der Waals surface area contributed by atoms with E-state index in [4.69, 9.17) is 0 Å². The van der Waals surface area contributed by atoms with Crippen LogP contribution in [0.25, 0.3) is 10.9 Å². The molecule has 1 aromatic carbocycles. The maximum atomic E-state index is 12.7. The van der Waals surface area contributed by atoms with Gasteiger partial charge >= 0.3 is 6.18 Å². The number of halogens is 3. The summed E-state index contributed by atoms with van der Waals surface area (Å²) in [7, 11) is 0. The fourth-order valence-electron chi connectivity index (χ4n) is 2.39. The van der Waals surface area contributed by atoms with Gasteiger partial charge in [0.2, 0.25) is 5.56 Å². The molecule has 0 aliphatic heterocycles. The molecule has 0 atom stereocenters. The number of H-pyrrole nitrogens is 1. The Morgan fingerprint density at radius 1 is 1.24 bits per heavy atom. The molecule has 0 aliphatic carbocycles. The third kappa shape index (κ3) is 3.77. The molecule has 0 spiro atoms. The van der Waals surface area contributed by atoms with Crippen molar-refractivity contribution < 1.29 is 13.2 Å². The van der Waals surface area contributed by atoms with Gasteiger partial charge in [-0.3, -0.25) is 4.79 Å². The van der Waals surface area contributed by atoms with Crippen LogP contribution in [0, 0.1) is 6.92 Å². The van der Waals surface area contributed by atoms with Gasteiger partial charge in [-0.2, -0.15) is 13.2 Å². The van der Waals surface area contributed by atoms with Crippen LogP contribution >= 0.6 is 0 Å². The van der Waals surface area contributed by atoms with Gasteiger partial charge in [0, 0.05) is 29.2 Å². The van der Waals surface area contributed by atoms with Crippen molar-refractivity contribution in [2.75, 3.05) is 18.0 Å². The fourth-order valence-corrected chi connectivity index (χ4v) is 2.39. The van der Waals surface area contributed by atoms with Gasteiger partial charge in [-0.1, -0.05) is 6.92 Å². The lowest BCUT2D eigenvalue weighted by molar-refractivity contribution is -0.119. The van der Waals surface area contributed by atoms with Gasteiger partial charge in [0.15, 0.2) is 0 Å². The summed E-state index contributed by atoms with van der Waals surface area (Å²) in [6.45, 7) is 2.96. The van der Waals surface area contributed by atoms with Crippen LogP contribution in [0.15, 0.2) is 29.1 Å². The minimum Gasteiger partial charge on any atom is -0.363 e. The second-order valence-corrected chi connectivity index (χ2v) is 5.08. The average molecular weight is 298 g/mol. The Balaban J connectivity index is 2.46. The molecule has 1 aromatic heterocycles.